The van der Waals surface area contributed by atoms with Crippen LogP contribution in [0.4, 0.5) is 14.5 Å². The van der Waals surface area contributed by atoms with Crippen LogP contribution < -0.4 is 10.1 Å². The Morgan fingerprint density at radius 2 is 1.68 bits per heavy atom. The summed E-state index contributed by atoms with van der Waals surface area (Å²) in [5.74, 6) is -2.49. The van der Waals surface area contributed by atoms with E-state index in [-0.39, 0.29) is 11.3 Å². The van der Waals surface area contributed by atoms with Crippen molar-refractivity contribution in [1.82, 2.24) is 0 Å². The summed E-state index contributed by atoms with van der Waals surface area (Å²) < 4.78 is 32.4. The number of methoxy groups -OCH3 is 1. The van der Waals surface area contributed by atoms with Crippen LogP contribution in [-0.2, 0) is 0 Å². The molecule has 6 heteroatoms. The van der Waals surface area contributed by atoms with Crippen LogP contribution in [0, 0.1) is 11.6 Å². The van der Waals surface area contributed by atoms with Crippen LogP contribution >= 0.6 is 0 Å². The fraction of sp³-hybridized carbons (Fsp3) is 0.0909. The maximum atomic E-state index is 13.7. The molecule has 0 unspecified atom stereocenters. The number of ether oxygens (including phenoxy) is 1. The highest BCUT2D eigenvalue weighted by Crippen LogP contribution is 2.32. The van der Waals surface area contributed by atoms with Crippen LogP contribution in [0.15, 0.2) is 60.7 Å². The summed E-state index contributed by atoms with van der Waals surface area (Å²) in [4.78, 5) is 23.8. The lowest BCUT2D eigenvalue weighted by Crippen LogP contribution is -2.14. The molecular weight excluding hydrogens is 364 g/mol. The molecule has 1 amide bonds. The number of benzene rings is 3. The Hall–Kier alpha value is -3.54. The molecule has 0 radical (unpaired) electrons. The largest absolute Gasteiger partial charge is 0.496 e. The minimum Gasteiger partial charge on any atom is -0.496 e. The van der Waals surface area contributed by atoms with Crippen molar-refractivity contribution in [2.45, 2.75) is 6.92 Å². The number of carbonyl (C=O) groups excluding carboxylic acids is 2. The first-order valence-electron chi connectivity index (χ1n) is 8.45. The maximum Gasteiger partial charge on any atom is 0.258 e. The monoisotopic (exact) mass is 381 g/mol. The molecule has 4 nitrogen and oxygen atoms in total. The molecule has 3 rings (SSSR count). The van der Waals surface area contributed by atoms with Gasteiger partial charge in [0.05, 0.1) is 12.7 Å². The third-order valence-electron chi connectivity index (χ3n) is 4.26. The van der Waals surface area contributed by atoms with Crippen molar-refractivity contribution in [1.29, 1.82) is 0 Å². The lowest BCUT2D eigenvalue weighted by molar-refractivity contribution is 0.101. The molecule has 0 fully saturated rings. The van der Waals surface area contributed by atoms with E-state index in [0.29, 0.717) is 17.0 Å². The molecule has 0 bridgehead atoms. The third kappa shape index (κ3) is 3.91. The van der Waals surface area contributed by atoms with Gasteiger partial charge >= 0.3 is 0 Å². The van der Waals surface area contributed by atoms with Gasteiger partial charge in [-0.3, -0.25) is 9.59 Å². The number of halogens is 2. The van der Waals surface area contributed by atoms with Gasteiger partial charge in [-0.2, -0.15) is 0 Å². The Morgan fingerprint density at radius 3 is 2.32 bits per heavy atom. The van der Waals surface area contributed by atoms with Gasteiger partial charge in [0.15, 0.2) is 17.4 Å². The van der Waals surface area contributed by atoms with E-state index in [9.17, 15) is 18.4 Å². The van der Waals surface area contributed by atoms with Crippen molar-refractivity contribution in [3.05, 3.63) is 83.4 Å². The van der Waals surface area contributed by atoms with Crippen molar-refractivity contribution in [3.63, 3.8) is 0 Å². The van der Waals surface area contributed by atoms with Gasteiger partial charge in [0.2, 0.25) is 0 Å². The Labute approximate surface area is 160 Å². The predicted molar refractivity (Wildman–Crippen MR) is 103 cm³/mol. The molecule has 0 aliphatic carbocycles. The van der Waals surface area contributed by atoms with Crippen LogP contribution in [0.2, 0.25) is 0 Å². The summed E-state index contributed by atoms with van der Waals surface area (Å²) in [6.45, 7) is 1.48. The molecule has 0 spiro atoms. The smallest absolute Gasteiger partial charge is 0.258 e. The molecule has 0 saturated heterocycles. The van der Waals surface area contributed by atoms with Gasteiger partial charge in [-0.05, 0) is 55.0 Å². The SMILES string of the molecule is COc1ccc(C(C)=O)cc1-c1ccc(NC(=O)c2cccc(F)c2F)cc1. The fourth-order valence-electron chi connectivity index (χ4n) is 2.76. The summed E-state index contributed by atoms with van der Waals surface area (Å²) in [6.07, 6.45) is 0. The zero-order valence-electron chi connectivity index (χ0n) is 15.3. The number of Topliss-reactive ketones (excluding diaryl/α,β-unsaturated/α-hetero) is 1. The molecule has 0 saturated carbocycles. The molecule has 28 heavy (non-hydrogen) atoms. The Morgan fingerprint density at radius 1 is 0.964 bits per heavy atom. The molecule has 0 heterocycles. The number of ketones is 1. The lowest BCUT2D eigenvalue weighted by atomic mass is 10.00. The van der Waals surface area contributed by atoms with Crippen LogP contribution in [0.3, 0.4) is 0 Å². The topological polar surface area (TPSA) is 55.4 Å². The van der Waals surface area contributed by atoms with Crippen LogP contribution in [0.25, 0.3) is 11.1 Å². The standard InChI is InChI=1S/C22H17F2NO3/c1-13(26)15-8-11-20(28-2)18(12-15)14-6-9-16(10-7-14)25-22(27)17-4-3-5-19(23)21(17)24/h3-12H,1-2H3,(H,25,27). The highest BCUT2D eigenvalue weighted by atomic mass is 19.2. The normalized spacial score (nSPS) is 10.4. The van der Waals surface area contributed by atoms with E-state index in [1.54, 1.807) is 42.5 Å². The number of hydrogen-bond acceptors (Lipinski definition) is 3. The van der Waals surface area contributed by atoms with Gasteiger partial charge in [-0.15, -0.1) is 0 Å². The van der Waals surface area contributed by atoms with Crippen molar-refractivity contribution >= 4 is 17.4 Å². The number of carbonyl (C=O) groups is 2. The van der Waals surface area contributed by atoms with E-state index >= 15 is 0 Å². The Bertz CT molecular complexity index is 1050. The minimum absolute atomic E-state index is 0.0649. The average molecular weight is 381 g/mol. The highest BCUT2D eigenvalue weighted by Gasteiger charge is 2.15. The van der Waals surface area contributed by atoms with E-state index in [1.165, 1.54) is 26.2 Å². The average Bonchev–Trinajstić information content (AvgIpc) is 2.70. The summed E-state index contributed by atoms with van der Waals surface area (Å²) in [6, 6.07) is 15.3. The van der Waals surface area contributed by atoms with Crippen molar-refractivity contribution < 1.29 is 23.1 Å². The summed E-state index contributed by atoms with van der Waals surface area (Å²) >= 11 is 0. The molecule has 0 aliphatic rings. The second-order valence-corrected chi connectivity index (χ2v) is 6.10. The molecule has 3 aromatic rings. The van der Waals surface area contributed by atoms with E-state index < -0.39 is 17.5 Å². The zero-order chi connectivity index (χ0) is 20.3. The van der Waals surface area contributed by atoms with Gasteiger partial charge in [0.25, 0.3) is 5.91 Å². The molecule has 1 N–H and O–H groups in total. The van der Waals surface area contributed by atoms with Gasteiger partial charge in [-0.1, -0.05) is 18.2 Å². The number of hydrogen-bond donors (Lipinski definition) is 1. The van der Waals surface area contributed by atoms with E-state index in [0.717, 1.165) is 17.2 Å². The van der Waals surface area contributed by atoms with Gasteiger partial charge in [-0.25, -0.2) is 8.78 Å². The van der Waals surface area contributed by atoms with E-state index in [2.05, 4.69) is 5.32 Å². The quantitative estimate of drug-likeness (QED) is 0.626. The van der Waals surface area contributed by atoms with E-state index in [4.69, 9.17) is 4.74 Å². The number of anilines is 1. The second-order valence-electron chi connectivity index (χ2n) is 6.10. The predicted octanol–water partition coefficient (Wildman–Crippen LogP) is 5.10. The van der Waals surface area contributed by atoms with Crippen LogP contribution in [-0.4, -0.2) is 18.8 Å². The fourth-order valence-corrected chi connectivity index (χ4v) is 2.76. The molecule has 142 valence electrons. The van der Waals surface area contributed by atoms with Gasteiger partial charge in [0, 0.05) is 16.8 Å². The lowest BCUT2D eigenvalue weighted by Gasteiger charge is -2.11. The van der Waals surface area contributed by atoms with Crippen molar-refractivity contribution in [3.8, 4) is 16.9 Å². The molecule has 3 aromatic carbocycles. The van der Waals surface area contributed by atoms with Crippen molar-refractivity contribution in [2.24, 2.45) is 0 Å². The molecule has 0 aliphatic heterocycles. The third-order valence-corrected chi connectivity index (χ3v) is 4.26. The van der Waals surface area contributed by atoms with E-state index in [1.807, 2.05) is 0 Å². The highest BCUT2D eigenvalue weighted by molar-refractivity contribution is 6.04. The molecule has 0 aromatic heterocycles. The first-order valence-corrected chi connectivity index (χ1v) is 8.45. The Kier molecular flexibility index (Phi) is 5.49. The van der Waals surface area contributed by atoms with Crippen LogP contribution in [0.1, 0.15) is 27.6 Å². The van der Waals surface area contributed by atoms with Gasteiger partial charge < -0.3 is 10.1 Å². The summed E-state index contributed by atoms with van der Waals surface area (Å²) in [5.41, 5.74) is 2.09. The number of rotatable bonds is 5. The molecular formula is C22H17F2NO3. The molecule has 0 atom stereocenters. The van der Waals surface area contributed by atoms with Gasteiger partial charge in [0.1, 0.15) is 5.75 Å². The maximum absolute atomic E-state index is 13.7. The number of nitrogens with one attached hydrogen (secondary N) is 1. The van der Waals surface area contributed by atoms with Crippen LogP contribution in [0.5, 0.6) is 5.75 Å². The summed E-state index contributed by atoms with van der Waals surface area (Å²) in [7, 11) is 1.54. The zero-order valence-corrected chi connectivity index (χ0v) is 15.3. The first-order chi connectivity index (χ1) is 13.4. The van der Waals surface area contributed by atoms with Crippen molar-refractivity contribution in [2.75, 3.05) is 12.4 Å². The summed E-state index contributed by atoms with van der Waals surface area (Å²) in [5, 5.41) is 2.53. The second kappa shape index (κ2) is 8.00. The first kappa shape index (κ1) is 19.2. The number of amides is 1. The Balaban J connectivity index is 1.86. The minimum atomic E-state index is -1.19.